The van der Waals surface area contributed by atoms with Crippen molar-refractivity contribution in [3.8, 4) is 11.5 Å². The summed E-state index contributed by atoms with van der Waals surface area (Å²) in [7, 11) is 0. The molecule has 3 heteroatoms. The number of hydrogen-bond donors (Lipinski definition) is 1. The van der Waals surface area contributed by atoms with Gasteiger partial charge in [0.2, 0.25) is 0 Å². The van der Waals surface area contributed by atoms with Crippen LogP contribution in [0.1, 0.15) is 31.4 Å². The summed E-state index contributed by atoms with van der Waals surface area (Å²) < 4.78 is 19.6. The second-order valence-corrected chi connectivity index (χ2v) is 5.04. The number of aryl methyl sites for hydroxylation is 1. The maximum atomic E-state index is 14.0. The fourth-order valence-corrected chi connectivity index (χ4v) is 2.07. The van der Waals surface area contributed by atoms with Crippen molar-refractivity contribution in [1.82, 2.24) is 5.32 Å². The van der Waals surface area contributed by atoms with Crippen molar-refractivity contribution in [1.29, 1.82) is 0 Å². The van der Waals surface area contributed by atoms with Gasteiger partial charge in [0, 0.05) is 6.54 Å². The molecule has 0 atom stereocenters. The molecule has 112 valence electrons. The normalized spacial score (nSPS) is 10.6. The third-order valence-corrected chi connectivity index (χ3v) is 3.31. The van der Waals surface area contributed by atoms with Crippen LogP contribution in [0.4, 0.5) is 4.39 Å². The molecule has 0 aliphatic heterocycles. The summed E-state index contributed by atoms with van der Waals surface area (Å²) in [4.78, 5) is 0. The molecule has 0 spiro atoms. The first-order valence-corrected chi connectivity index (χ1v) is 7.49. The molecule has 0 bridgehead atoms. The molecular formula is C18H22FNO. The Kier molecular flexibility index (Phi) is 5.76. The van der Waals surface area contributed by atoms with E-state index >= 15 is 0 Å². The molecule has 2 aromatic rings. The van der Waals surface area contributed by atoms with Crippen LogP contribution in [-0.4, -0.2) is 6.54 Å². The van der Waals surface area contributed by atoms with Crippen LogP contribution < -0.4 is 10.1 Å². The Labute approximate surface area is 126 Å². The number of rotatable bonds is 7. The van der Waals surface area contributed by atoms with Crippen LogP contribution in [0.25, 0.3) is 0 Å². The highest BCUT2D eigenvalue weighted by atomic mass is 19.1. The third-order valence-electron chi connectivity index (χ3n) is 3.31. The Bertz CT molecular complexity index is 566. The predicted octanol–water partition coefficient (Wildman–Crippen LogP) is 4.68. The first-order chi connectivity index (χ1) is 10.2. The van der Waals surface area contributed by atoms with Crippen molar-refractivity contribution >= 4 is 0 Å². The van der Waals surface area contributed by atoms with E-state index in [2.05, 4.69) is 19.2 Å². The van der Waals surface area contributed by atoms with Gasteiger partial charge in [-0.1, -0.05) is 32.0 Å². The van der Waals surface area contributed by atoms with E-state index in [0.29, 0.717) is 12.3 Å². The summed E-state index contributed by atoms with van der Waals surface area (Å²) in [6.45, 7) is 5.81. The maximum Gasteiger partial charge on any atom is 0.166 e. The van der Waals surface area contributed by atoms with E-state index < -0.39 is 0 Å². The molecule has 0 radical (unpaired) electrons. The van der Waals surface area contributed by atoms with E-state index in [1.54, 1.807) is 6.07 Å². The molecule has 2 nitrogen and oxygen atoms in total. The van der Waals surface area contributed by atoms with E-state index in [-0.39, 0.29) is 11.6 Å². The molecule has 0 amide bonds. The van der Waals surface area contributed by atoms with Gasteiger partial charge in [-0.3, -0.25) is 0 Å². The summed E-state index contributed by atoms with van der Waals surface area (Å²) in [5, 5.41) is 3.25. The zero-order valence-electron chi connectivity index (χ0n) is 12.7. The van der Waals surface area contributed by atoms with Gasteiger partial charge in [0.1, 0.15) is 5.75 Å². The molecule has 2 aromatic carbocycles. The van der Waals surface area contributed by atoms with Gasteiger partial charge < -0.3 is 10.1 Å². The maximum absolute atomic E-state index is 14.0. The van der Waals surface area contributed by atoms with Gasteiger partial charge in [-0.25, -0.2) is 4.39 Å². The van der Waals surface area contributed by atoms with Crippen LogP contribution >= 0.6 is 0 Å². The lowest BCUT2D eigenvalue weighted by atomic mass is 10.2. The predicted molar refractivity (Wildman–Crippen MR) is 84.3 cm³/mol. The zero-order chi connectivity index (χ0) is 15.1. The molecule has 0 heterocycles. The van der Waals surface area contributed by atoms with Crippen LogP contribution in [0.2, 0.25) is 0 Å². The Morgan fingerprint density at radius 2 is 1.71 bits per heavy atom. The quantitative estimate of drug-likeness (QED) is 0.747. The lowest BCUT2D eigenvalue weighted by Crippen LogP contribution is -2.13. The second-order valence-electron chi connectivity index (χ2n) is 5.04. The van der Waals surface area contributed by atoms with Crippen LogP contribution in [0.15, 0.2) is 42.5 Å². The number of halogens is 1. The molecule has 0 fully saturated rings. The van der Waals surface area contributed by atoms with Gasteiger partial charge in [0.25, 0.3) is 0 Å². The summed E-state index contributed by atoms with van der Waals surface area (Å²) >= 11 is 0. The topological polar surface area (TPSA) is 21.3 Å². The Balaban J connectivity index is 2.02. The minimum atomic E-state index is -0.328. The Morgan fingerprint density at radius 1 is 1.00 bits per heavy atom. The van der Waals surface area contributed by atoms with Crippen molar-refractivity contribution in [2.75, 3.05) is 6.54 Å². The van der Waals surface area contributed by atoms with Gasteiger partial charge in [0.15, 0.2) is 11.6 Å². The van der Waals surface area contributed by atoms with E-state index in [9.17, 15) is 4.39 Å². The summed E-state index contributed by atoms with van der Waals surface area (Å²) in [6.07, 6.45) is 2.05. The molecule has 0 aliphatic carbocycles. The highest BCUT2D eigenvalue weighted by Gasteiger charge is 2.06. The van der Waals surface area contributed by atoms with E-state index in [1.807, 2.05) is 30.3 Å². The first kappa shape index (κ1) is 15.5. The molecule has 0 saturated heterocycles. The Morgan fingerprint density at radius 3 is 2.33 bits per heavy atom. The van der Waals surface area contributed by atoms with Crippen LogP contribution in [0.3, 0.4) is 0 Å². The minimum absolute atomic E-state index is 0.262. The number of benzene rings is 2. The standard InChI is InChI=1S/C18H22FNO/c1-3-11-20-13-15-7-10-18(17(19)12-15)21-16-8-5-14(4-2)6-9-16/h5-10,12,20H,3-4,11,13H2,1-2H3. The van der Waals surface area contributed by atoms with E-state index in [4.69, 9.17) is 4.74 Å². The SMILES string of the molecule is CCCNCc1ccc(Oc2ccc(CC)cc2)c(F)c1. The smallest absolute Gasteiger partial charge is 0.166 e. The monoisotopic (exact) mass is 287 g/mol. The van der Waals surface area contributed by atoms with Gasteiger partial charge in [-0.05, 0) is 54.8 Å². The molecule has 1 N–H and O–H groups in total. The van der Waals surface area contributed by atoms with Crippen molar-refractivity contribution in [3.05, 3.63) is 59.4 Å². The Hall–Kier alpha value is -1.87. The van der Waals surface area contributed by atoms with Crippen LogP contribution in [-0.2, 0) is 13.0 Å². The van der Waals surface area contributed by atoms with Gasteiger partial charge >= 0.3 is 0 Å². The molecule has 0 unspecified atom stereocenters. The molecular weight excluding hydrogens is 265 g/mol. The molecule has 21 heavy (non-hydrogen) atoms. The van der Waals surface area contributed by atoms with Gasteiger partial charge in [-0.15, -0.1) is 0 Å². The fraction of sp³-hybridized carbons (Fsp3) is 0.333. The average Bonchev–Trinajstić information content (AvgIpc) is 2.51. The fourth-order valence-electron chi connectivity index (χ4n) is 2.07. The first-order valence-electron chi connectivity index (χ1n) is 7.49. The molecule has 0 aliphatic rings. The van der Waals surface area contributed by atoms with E-state index in [0.717, 1.165) is 24.9 Å². The molecule has 0 saturated carbocycles. The lowest BCUT2D eigenvalue weighted by molar-refractivity contribution is 0.441. The summed E-state index contributed by atoms with van der Waals surface area (Å²) in [5.41, 5.74) is 2.16. The lowest BCUT2D eigenvalue weighted by Gasteiger charge is -2.09. The zero-order valence-corrected chi connectivity index (χ0v) is 12.7. The minimum Gasteiger partial charge on any atom is -0.454 e. The third kappa shape index (κ3) is 4.57. The van der Waals surface area contributed by atoms with Crippen molar-refractivity contribution in [2.24, 2.45) is 0 Å². The highest BCUT2D eigenvalue weighted by Crippen LogP contribution is 2.25. The second kappa shape index (κ2) is 7.79. The summed E-state index contributed by atoms with van der Waals surface area (Å²) in [5.74, 6) is 0.590. The average molecular weight is 287 g/mol. The summed E-state index contributed by atoms with van der Waals surface area (Å²) in [6, 6.07) is 12.8. The van der Waals surface area contributed by atoms with Crippen molar-refractivity contribution in [2.45, 2.75) is 33.2 Å². The largest absolute Gasteiger partial charge is 0.454 e. The van der Waals surface area contributed by atoms with Crippen LogP contribution in [0, 0.1) is 5.82 Å². The van der Waals surface area contributed by atoms with Crippen molar-refractivity contribution in [3.63, 3.8) is 0 Å². The van der Waals surface area contributed by atoms with Crippen LogP contribution in [0.5, 0.6) is 11.5 Å². The number of ether oxygens (including phenoxy) is 1. The highest BCUT2D eigenvalue weighted by molar-refractivity contribution is 5.35. The number of hydrogen-bond acceptors (Lipinski definition) is 2. The molecule has 2 rings (SSSR count). The molecule has 0 aromatic heterocycles. The van der Waals surface area contributed by atoms with Crippen molar-refractivity contribution < 1.29 is 9.13 Å². The van der Waals surface area contributed by atoms with E-state index in [1.165, 1.54) is 11.6 Å². The van der Waals surface area contributed by atoms with Gasteiger partial charge in [0.05, 0.1) is 0 Å². The number of nitrogens with one attached hydrogen (secondary N) is 1. The van der Waals surface area contributed by atoms with Gasteiger partial charge in [-0.2, -0.15) is 0 Å².